The average molecular weight is 359 g/mol. The molecule has 0 aliphatic rings. The smallest absolute Gasteiger partial charge is 0.141 e. The van der Waals surface area contributed by atoms with Gasteiger partial charge >= 0.3 is 0 Å². The molecule has 27 heavy (non-hydrogen) atoms. The number of aromatic nitrogens is 4. The van der Waals surface area contributed by atoms with E-state index in [4.69, 9.17) is 4.74 Å². The van der Waals surface area contributed by atoms with Crippen molar-refractivity contribution in [1.82, 2.24) is 19.4 Å². The molecule has 6 heteroatoms. The fourth-order valence-electron chi connectivity index (χ4n) is 3.25. The summed E-state index contributed by atoms with van der Waals surface area (Å²) < 4.78 is 9.81. The second-order valence-corrected chi connectivity index (χ2v) is 6.42. The first-order valence-corrected chi connectivity index (χ1v) is 8.88. The summed E-state index contributed by atoms with van der Waals surface area (Å²) in [4.78, 5) is 0. The number of hydrogen-bond donors (Lipinski definition) is 0. The second kappa shape index (κ2) is 7.45. The largest absolute Gasteiger partial charge is 0.492 e. The Morgan fingerprint density at radius 1 is 1.04 bits per heavy atom. The highest BCUT2D eigenvalue weighted by atomic mass is 16.5. The Kier molecular flexibility index (Phi) is 4.70. The van der Waals surface area contributed by atoms with Gasteiger partial charge in [0.05, 0.1) is 12.8 Å². The van der Waals surface area contributed by atoms with Gasteiger partial charge in [-0.1, -0.05) is 30.3 Å². The zero-order chi connectivity index (χ0) is 18.6. The van der Waals surface area contributed by atoms with Crippen molar-refractivity contribution >= 4 is 17.1 Å². The molecule has 0 unspecified atom stereocenters. The van der Waals surface area contributed by atoms with E-state index in [9.17, 15) is 0 Å². The third-order valence-electron chi connectivity index (χ3n) is 4.58. The number of hydrogen-bond acceptors (Lipinski definition) is 4. The minimum atomic E-state index is 0.602. The highest BCUT2D eigenvalue weighted by Crippen LogP contribution is 2.24. The van der Waals surface area contributed by atoms with Crippen LogP contribution < -0.4 is 4.74 Å². The van der Waals surface area contributed by atoms with Crippen LogP contribution in [-0.4, -0.2) is 32.3 Å². The van der Waals surface area contributed by atoms with Crippen LogP contribution in [0.2, 0.25) is 0 Å². The Balaban J connectivity index is 1.59. The van der Waals surface area contributed by atoms with Crippen LogP contribution in [0.15, 0.2) is 66.3 Å². The summed E-state index contributed by atoms with van der Waals surface area (Å²) in [5.74, 6) is 0.901. The molecule has 4 rings (SSSR count). The maximum Gasteiger partial charge on any atom is 0.141 e. The molecule has 0 aliphatic carbocycles. The molecule has 0 spiro atoms. The maximum absolute atomic E-state index is 5.95. The molecule has 4 aromatic rings. The van der Waals surface area contributed by atoms with Gasteiger partial charge in [-0.05, 0) is 37.6 Å². The zero-order valence-corrected chi connectivity index (χ0v) is 15.4. The molecule has 0 saturated carbocycles. The third kappa shape index (κ3) is 3.60. The number of para-hydroxylation sites is 1. The molecule has 2 aromatic carbocycles. The van der Waals surface area contributed by atoms with Crippen LogP contribution in [0.4, 0.5) is 0 Å². The van der Waals surface area contributed by atoms with Gasteiger partial charge in [0.2, 0.25) is 0 Å². The lowest BCUT2D eigenvalue weighted by atomic mass is 10.1. The molecule has 0 radical (unpaired) electrons. The van der Waals surface area contributed by atoms with Gasteiger partial charge in [-0.25, -0.2) is 4.68 Å². The van der Waals surface area contributed by atoms with E-state index in [2.05, 4.69) is 64.0 Å². The predicted octanol–water partition coefficient (Wildman–Crippen LogP) is 3.81. The highest BCUT2D eigenvalue weighted by Gasteiger charge is 2.12. The molecule has 6 nitrogen and oxygen atoms in total. The van der Waals surface area contributed by atoms with Gasteiger partial charge in [-0.3, -0.25) is 0 Å². The molecule has 0 bridgehead atoms. The fraction of sp³-hybridized carbons (Fsp3) is 0.190. The molecule has 0 N–H and O–H groups in total. The number of fused-ring (bicyclic) bond motifs is 1. The first-order valence-electron chi connectivity index (χ1n) is 8.88. The maximum atomic E-state index is 5.95. The summed E-state index contributed by atoms with van der Waals surface area (Å²) in [6, 6.07) is 16.5. The van der Waals surface area contributed by atoms with Crippen LogP contribution in [-0.2, 0) is 6.54 Å². The summed E-state index contributed by atoms with van der Waals surface area (Å²) in [5.41, 5.74) is 4.62. The topological polar surface area (TPSA) is 57.2 Å². The van der Waals surface area contributed by atoms with E-state index in [1.165, 1.54) is 16.5 Å². The summed E-state index contributed by atoms with van der Waals surface area (Å²) in [5, 5.41) is 13.1. The lowest BCUT2D eigenvalue weighted by Crippen LogP contribution is -2.09. The molecular formula is C21H21N5O. The minimum Gasteiger partial charge on any atom is -0.492 e. The summed E-state index contributed by atoms with van der Waals surface area (Å²) >= 11 is 0. The van der Waals surface area contributed by atoms with E-state index in [1.54, 1.807) is 17.3 Å². The minimum absolute atomic E-state index is 0.602. The third-order valence-corrected chi connectivity index (χ3v) is 4.58. The van der Waals surface area contributed by atoms with E-state index >= 15 is 0 Å². The number of rotatable bonds is 6. The normalized spacial score (nSPS) is 11.5. The van der Waals surface area contributed by atoms with Gasteiger partial charge < -0.3 is 9.30 Å². The Morgan fingerprint density at radius 2 is 1.85 bits per heavy atom. The van der Waals surface area contributed by atoms with Gasteiger partial charge in [0.1, 0.15) is 25.0 Å². The molecule has 0 fully saturated rings. The SMILES string of the molecule is Cc1cccc(OCCn2c(C)c(/C=N/n3cnnc3)c3ccccc32)c1. The van der Waals surface area contributed by atoms with E-state index in [0.29, 0.717) is 6.61 Å². The quantitative estimate of drug-likeness (QED) is 0.492. The summed E-state index contributed by atoms with van der Waals surface area (Å²) in [7, 11) is 0. The Bertz CT molecular complexity index is 1080. The molecule has 2 heterocycles. The van der Waals surface area contributed by atoms with Crippen molar-refractivity contribution in [1.29, 1.82) is 0 Å². The highest BCUT2D eigenvalue weighted by molar-refractivity contribution is 6.01. The summed E-state index contributed by atoms with van der Waals surface area (Å²) in [6.45, 7) is 5.55. The molecule has 0 atom stereocenters. The van der Waals surface area contributed by atoms with Crippen molar-refractivity contribution in [3.63, 3.8) is 0 Å². The van der Waals surface area contributed by atoms with E-state index < -0.39 is 0 Å². The van der Waals surface area contributed by atoms with Crippen LogP contribution in [0.5, 0.6) is 5.75 Å². The van der Waals surface area contributed by atoms with Crippen LogP contribution in [0, 0.1) is 13.8 Å². The van der Waals surface area contributed by atoms with Crippen molar-refractivity contribution < 1.29 is 4.74 Å². The van der Waals surface area contributed by atoms with E-state index in [1.807, 2.05) is 24.4 Å². The number of ether oxygens (including phenoxy) is 1. The van der Waals surface area contributed by atoms with Gasteiger partial charge in [0.25, 0.3) is 0 Å². The lowest BCUT2D eigenvalue weighted by Gasteiger charge is -2.11. The van der Waals surface area contributed by atoms with Crippen LogP contribution >= 0.6 is 0 Å². The number of nitrogens with zero attached hydrogens (tertiary/aromatic N) is 5. The van der Waals surface area contributed by atoms with Crippen molar-refractivity contribution in [2.45, 2.75) is 20.4 Å². The van der Waals surface area contributed by atoms with Crippen LogP contribution in [0.1, 0.15) is 16.8 Å². The predicted molar refractivity (Wildman–Crippen MR) is 106 cm³/mol. The summed E-state index contributed by atoms with van der Waals surface area (Å²) in [6.07, 6.45) is 5.00. The molecule has 0 aliphatic heterocycles. The Hall–Kier alpha value is -3.41. The zero-order valence-electron chi connectivity index (χ0n) is 15.4. The Labute approximate surface area is 157 Å². The van der Waals surface area contributed by atoms with Gasteiger partial charge in [0, 0.05) is 22.2 Å². The van der Waals surface area contributed by atoms with Crippen molar-refractivity contribution in [3.05, 3.63) is 78.0 Å². The van der Waals surface area contributed by atoms with E-state index in [-0.39, 0.29) is 0 Å². The lowest BCUT2D eigenvalue weighted by molar-refractivity contribution is 0.299. The second-order valence-electron chi connectivity index (χ2n) is 6.42. The standard InChI is InChI=1S/C21H21N5O/c1-16-6-5-7-18(12-16)27-11-10-26-17(2)20(13-24-25-14-22-23-15-25)19-8-3-4-9-21(19)26/h3-9,12-15H,10-11H2,1-2H3/b24-13+. The van der Waals surface area contributed by atoms with Crippen LogP contribution in [0.3, 0.4) is 0 Å². The monoisotopic (exact) mass is 359 g/mol. The van der Waals surface area contributed by atoms with Crippen molar-refractivity contribution in [3.8, 4) is 5.75 Å². The Morgan fingerprint density at radius 3 is 2.67 bits per heavy atom. The number of aryl methyl sites for hydroxylation is 1. The molecular weight excluding hydrogens is 338 g/mol. The molecule has 0 saturated heterocycles. The fourth-order valence-corrected chi connectivity index (χ4v) is 3.25. The number of benzene rings is 2. The first-order chi connectivity index (χ1) is 13.2. The molecule has 136 valence electrons. The molecule has 2 aromatic heterocycles. The van der Waals surface area contributed by atoms with Crippen molar-refractivity contribution in [2.75, 3.05) is 6.61 Å². The van der Waals surface area contributed by atoms with Gasteiger partial charge in [-0.2, -0.15) is 5.10 Å². The molecule has 0 amide bonds. The van der Waals surface area contributed by atoms with Crippen LogP contribution in [0.25, 0.3) is 10.9 Å². The van der Waals surface area contributed by atoms with E-state index in [0.717, 1.165) is 23.6 Å². The van der Waals surface area contributed by atoms with Gasteiger partial charge in [-0.15, -0.1) is 10.2 Å². The first kappa shape index (κ1) is 17.0. The average Bonchev–Trinajstić information content (AvgIpc) is 3.27. The van der Waals surface area contributed by atoms with Crippen molar-refractivity contribution in [2.24, 2.45) is 5.10 Å². The van der Waals surface area contributed by atoms with Gasteiger partial charge in [0.15, 0.2) is 0 Å².